The zero-order chi connectivity index (χ0) is 14.0. The van der Waals surface area contributed by atoms with E-state index in [0.29, 0.717) is 6.04 Å². The molecule has 3 unspecified atom stereocenters. The van der Waals surface area contributed by atoms with Gasteiger partial charge < -0.3 is 10.2 Å². The van der Waals surface area contributed by atoms with E-state index < -0.39 is 0 Å². The lowest BCUT2D eigenvalue weighted by Crippen LogP contribution is -2.30. The molecule has 0 heterocycles. The number of halogens is 1. The molecule has 1 fully saturated rings. The molecule has 0 spiro atoms. The second-order valence-corrected chi connectivity index (χ2v) is 7.08. The molecule has 2 nitrogen and oxygen atoms in total. The number of hydrogen-bond acceptors (Lipinski definition) is 2. The van der Waals surface area contributed by atoms with Crippen molar-refractivity contribution < 1.29 is 0 Å². The Morgan fingerprint density at radius 1 is 1.16 bits per heavy atom. The lowest BCUT2D eigenvalue weighted by atomic mass is 9.79. The van der Waals surface area contributed by atoms with Crippen LogP contribution < -0.4 is 10.2 Å². The van der Waals surface area contributed by atoms with Gasteiger partial charge in [0.2, 0.25) is 0 Å². The van der Waals surface area contributed by atoms with Gasteiger partial charge in [0.15, 0.2) is 0 Å². The van der Waals surface area contributed by atoms with Crippen LogP contribution in [0.2, 0.25) is 0 Å². The van der Waals surface area contributed by atoms with E-state index in [4.69, 9.17) is 0 Å². The van der Waals surface area contributed by atoms with E-state index >= 15 is 0 Å². The zero-order valence-corrected chi connectivity index (χ0v) is 14.0. The van der Waals surface area contributed by atoms with Crippen molar-refractivity contribution in [2.75, 3.05) is 24.3 Å². The maximum Gasteiger partial charge on any atom is 0.0597 e. The molecule has 2 rings (SSSR count). The van der Waals surface area contributed by atoms with Crippen LogP contribution in [0.1, 0.15) is 33.1 Å². The predicted molar refractivity (Wildman–Crippen MR) is 88.1 cm³/mol. The first-order chi connectivity index (χ1) is 8.97. The van der Waals surface area contributed by atoms with Crippen LogP contribution in [0.4, 0.5) is 11.4 Å². The van der Waals surface area contributed by atoms with E-state index in [0.717, 1.165) is 16.3 Å². The van der Waals surface area contributed by atoms with Crippen LogP contribution in [0.5, 0.6) is 0 Å². The molecule has 1 aliphatic carbocycles. The minimum atomic E-state index is 0.610. The zero-order valence-electron chi connectivity index (χ0n) is 12.4. The molecule has 3 heteroatoms. The van der Waals surface area contributed by atoms with Crippen molar-refractivity contribution in [2.24, 2.45) is 11.8 Å². The average molecular weight is 325 g/mol. The number of benzene rings is 1. The Morgan fingerprint density at radius 3 is 2.53 bits per heavy atom. The Morgan fingerprint density at radius 2 is 1.89 bits per heavy atom. The molecule has 1 aromatic rings. The Kier molecular flexibility index (Phi) is 4.77. The fourth-order valence-corrected chi connectivity index (χ4v) is 3.27. The summed E-state index contributed by atoms with van der Waals surface area (Å²) in [5, 5.41) is 3.75. The van der Waals surface area contributed by atoms with Crippen LogP contribution in [0, 0.1) is 11.8 Å². The summed E-state index contributed by atoms with van der Waals surface area (Å²) in [6.07, 6.45) is 3.90. The van der Waals surface area contributed by atoms with Gasteiger partial charge in [-0.2, -0.15) is 0 Å². The van der Waals surface area contributed by atoms with Gasteiger partial charge >= 0.3 is 0 Å². The molecule has 0 aliphatic heterocycles. The van der Waals surface area contributed by atoms with Crippen molar-refractivity contribution >= 4 is 27.3 Å². The van der Waals surface area contributed by atoms with Gasteiger partial charge in [-0.25, -0.2) is 0 Å². The van der Waals surface area contributed by atoms with E-state index in [9.17, 15) is 0 Å². The molecule has 0 aromatic heterocycles. The second kappa shape index (κ2) is 6.17. The Bertz CT molecular complexity index is 431. The first-order valence-electron chi connectivity index (χ1n) is 7.20. The van der Waals surface area contributed by atoms with Gasteiger partial charge in [0.1, 0.15) is 0 Å². The molecule has 1 saturated carbocycles. The van der Waals surface area contributed by atoms with Crippen molar-refractivity contribution in [1.29, 1.82) is 0 Å². The highest BCUT2D eigenvalue weighted by atomic mass is 79.9. The highest BCUT2D eigenvalue weighted by molar-refractivity contribution is 9.10. The number of nitrogens with one attached hydrogen (secondary N) is 1. The summed E-state index contributed by atoms with van der Waals surface area (Å²) in [5.74, 6) is 1.69. The normalized spacial score (nSPS) is 27.1. The fraction of sp³-hybridized carbons (Fsp3) is 0.625. The number of anilines is 2. The highest BCUT2D eigenvalue weighted by Crippen LogP contribution is 2.34. The molecule has 1 N–H and O–H groups in total. The standard InChI is InChI=1S/C16H25BrN2/c1-11-5-7-14(9-12(11)2)18-15-10-13(17)6-8-16(15)19(3)4/h6,8,10-12,14,18H,5,7,9H2,1-4H3. The molecule has 3 atom stereocenters. The van der Waals surface area contributed by atoms with Crippen LogP contribution in [0.3, 0.4) is 0 Å². The molecule has 0 radical (unpaired) electrons. The van der Waals surface area contributed by atoms with Crippen LogP contribution >= 0.6 is 15.9 Å². The summed E-state index contributed by atoms with van der Waals surface area (Å²) in [4.78, 5) is 2.17. The van der Waals surface area contributed by atoms with E-state index in [1.165, 1.54) is 30.6 Å². The first kappa shape index (κ1) is 14.7. The Labute approximate surface area is 125 Å². The third-order valence-electron chi connectivity index (χ3n) is 4.40. The van der Waals surface area contributed by atoms with E-state index in [1.807, 2.05) is 0 Å². The predicted octanol–water partition coefficient (Wildman–Crippen LogP) is 4.75. The summed E-state index contributed by atoms with van der Waals surface area (Å²) in [6.45, 7) is 4.76. The van der Waals surface area contributed by atoms with Gasteiger partial charge in [0.25, 0.3) is 0 Å². The van der Waals surface area contributed by atoms with Gasteiger partial charge in [0.05, 0.1) is 11.4 Å². The summed E-state index contributed by atoms with van der Waals surface area (Å²) in [5.41, 5.74) is 2.50. The number of hydrogen-bond donors (Lipinski definition) is 1. The van der Waals surface area contributed by atoms with E-state index in [2.05, 4.69) is 72.3 Å². The second-order valence-electron chi connectivity index (χ2n) is 6.16. The van der Waals surface area contributed by atoms with Crippen molar-refractivity contribution in [3.05, 3.63) is 22.7 Å². The number of nitrogens with zero attached hydrogens (tertiary/aromatic N) is 1. The van der Waals surface area contributed by atoms with Crippen molar-refractivity contribution in [2.45, 2.75) is 39.2 Å². The molecule has 0 amide bonds. The first-order valence-corrected chi connectivity index (χ1v) is 8.00. The van der Waals surface area contributed by atoms with Crippen LogP contribution in [0.25, 0.3) is 0 Å². The smallest absolute Gasteiger partial charge is 0.0597 e. The monoisotopic (exact) mass is 324 g/mol. The summed E-state index contributed by atoms with van der Waals surface area (Å²) in [6, 6.07) is 7.07. The third-order valence-corrected chi connectivity index (χ3v) is 4.89. The molecule has 1 aliphatic rings. The fourth-order valence-electron chi connectivity index (χ4n) is 2.91. The molecule has 1 aromatic carbocycles. The van der Waals surface area contributed by atoms with Gasteiger partial charge in [-0.05, 0) is 49.3 Å². The number of rotatable bonds is 3. The Hall–Kier alpha value is -0.700. The van der Waals surface area contributed by atoms with Crippen LogP contribution in [-0.4, -0.2) is 20.1 Å². The van der Waals surface area contributed by atoms with Crippen molar-refractivity contribution in [1.82, 2.24) is 0 Å². The maximum atomic E-state index is 3.75. The minimum Gasteiger partial charge on any atom is -0.381 e. The largest absolute Gasteiger partial charge is 0.381 e. The SMILES string of the molecule is CC1CCC(Nc2cc(Br)ccc2N(C)C)CC1C. The Balaban J connectivity index is 2.12. The van der Waals surface area contributed by atoms with Crippen LogP contribution in [-0.2, 0) is 0 Å². The minimum absolute atomic E-state index is 0.610. The lowest BCUT2D eigenvalue weighted by molar-refractivity contribution is 0.261. The quantitative estimate of drug-likeness (QED) is 0.862. The summed E-state index contributed by atoms with van der Waals surface area (Å²) in [7, 11) is 4.19. The summed E-state index contributed by atoms with van der Waals surface area (Å²) >= 11 is 3.57. The van der Waals surface area contributed by atoms with Crippen LogP contribution in [0.15, 0.2) is 22.7 Å². The molecule has 0 bridgehead atoms. The molecule has 106 valence electrons. The topological polar surface area (TPSA) is 15.3 Å². The van der Waals surface area contributed by atoms with Gasteiger partial charge in [-0.1, -0.05) is 29.8 Å². The van der Waals surface area contributed by atoms with Gasteiger partial charge in [-0.15, -0.1) is 0 Å². The van der Waals surface area contributed by atoms with E-state index in [1.54, 1.807) is 0 Å². The average Bonchev–Trinajstić information content (AvgIpc) is 2.33. The van der Waals surface area contributed by atoms with Gasteiger partial charge in [-0.3, -0.25) is 0 Å². The molecule has 19 heavy (non-hydrogen) atoms. The highest BCUT2D eigenvalue weighted by Gasteiger charge is 2.24. The lowest BCUT2D eigenvalue weighted by Gasteiger charge is -2.34. The van der Waals surface area contributed by atoms with E-state index in [-0.39, 0.29) is 0 Å². The summed E-state index contributed by atoms with van der Waals surface area (Å²) < 4.78 is 1.14. The third kappa shape index (κ3) is 3.65. The maximum absolute atomic E-state index is 3.75. The molecule has 0 saturated heterocycles. The molecular formula is C16H25BrN2. The van der Waals surface area contributed by atoms with Crippen molar-refractivity contribution in [3.63, 3.8) is 0 Å². The molecular weight excluding hydrogens is 300 g/mol. The van der Waals surface area contributed by atoms with Gasteiger partial charge in [0, 0.05) is 24.6 Å². The van der Waals surface area contributed by atoms with Crippen molar-refractivity contribution in [3.8, 4) is 0 Å².